The number of halogens is 3. The number of fused-ring (bicyclic) bond motifs is 1. The highest BCUT2D eigenvalue weighted by Gasteiger charge is 2.27. The summed E-state index contributed by atoms with van der Waals surface area (Å²) in [7, 11) is -2.98. The lowest BCUT2D eigenvalue weighted by molar-refractivity contribution is -0.142. The zero-order chi connectivity index (χ0) is 26.7. The second-order valence-electron chi connectivity index (χ2n) is 7.65. The molecule has 0 unspecified atom stereocenters. The van der Waals surface area contributed by atoms with Gasteiger partial charge in [-0.05, 0) is 69.4 Å². The van der Waals surface area contributed by atoms with Crippen LogP contribution in [0.4, 0.5) is 5.69 Å². The van der Waals surface area contributed by atoms with E-state index in [0.29, 0.717) is 29.6 Å². The Bertz CT molecular complexity index is 1610. The third-order valence-corrected chi connectivity index (χ3v) is 8.98. The summed E-state index contributed by atoms with van der Waals surface area (Å²) in [5, 5.41) is 3.28. The fourth-order valence-electron chi connectivity index (χ4n) is 3.45. The minimum absolute atomic E-state index is 0.00594. The molecule has 1 amide bonds. The number of nitrogens with zero attached hydrogens (tertiary/aromatic N) is 2. The van der Waals surface area contributed by atoms with Crippen molar-refractivity contribution in [1.29, 1.82) is 0 Å². The highest BCUT2D eigenvalue weighted by Crippen LogP contribution is 2.28. The lowest BCUT2D eigenvalue weighted by atomic mass is 10.0. The van der Waals surface area contributed by atoms with E-state index in [4.69, 9.17) is 16.3 Å². The first-order valence-corrected chi connectivity index (χ1v) is 14.7. The van der Waals surface area contributed by atoms with Crippen molar-refractivity contribution in [3.8, 4) is 0 Å². The topological polar surface area (TPSA) is 127 Å². The minimum Gasteiger partial charge on any atom is -0.467 e. The third-order valence-electron chi connectivity index (χ3n) is 5.19. The molecule has 192 valence electrons. The SMILES string of the molecule is COC(=O)[C@H](Cc1ccc(Cl)c(Br)c1)NC(=O)c1ccc(Br)cc1NS(=O)(=O)c1nccc2sncc12. The van der Waals surface area contributed by atoms with Crippen molar-refractivity contribution in [3.63, 3.8) is 0 Å². The van der Waals surface area contributed by atoms with Gasteiger partial charge >= 0.3 is 5.97 Å². The summed E-state index contributed by atoms with van der Waals surface area (Å²) in [6.45, 7) is 0. The number of sulfonamides is 1. The van der Waals surface area contributed by atoms with Crippen molar-refractivity contribution in [3.05, 3.63) is 80.0 Å². The van der Waals surface area contributed by atoms with Gasteiger partial charge in [-0.15, -0.1) is 0 Å². The number of rotatable bonds is 8. The van der Waals surface area contributed by atoms with Gasteiger partial charge < -0.3 is 10.1 Å². The molecular formula is C23H17Br2ClN4O5S2. The third kappa shape index (κ3) is 6.29. The molecule has 9 nitrogen and oxygen atoms in total. The Kier molecular flexibility index (Phi) is 8.49. The number of benzene rings is 2. The second kappa shape index (κ2) is 11.4. The Labute approximate surface area is 238 Å². The van der Waals surface area contributed by atoms with Gasteiger partial charge in [0.05, 0.1) is 39.7 Å². The predicted molar refractivity (Wildman–Crippen MR) is 148 cm³/mol. The van der Waals surface area contributed by atoms with E-state index in [1.165, 1.54) is 31.6 Å². The summed E-state index contributed by atoms with van der Waals surface area (Å²) in [5.74, 6) is -1.35. The number of ether oxygens (including phenoxy) is 1. The number of esters is 1. The van der Waals surface area contributed by atoms with Crippen LogP contribution < -0.4 is 10.0 Å². The number of aromatic nitrogens is 2. The van der Waals surface area contributed by atoms with E-state index in [1.54, 1.807) is 30.3 Å². The molecule has 1 atom stereocenters. The zero-order valence-electron chi connectivity index (χ0n) is 18.9. The molecule has 0 saturated carbocycles. The van der Waals surface area contributed by atoms with Crippen molar-refractivity contribution in [2.24, 2.45) is 0 Å². The van der Waals surface area contributed by atoms with Crippen molar-refractivity contribution in [2.45, 2.75) is 17.5 Å². The molecule has 2 aromatic carbocycles. The minimum atomic E-state index is -4.19. The van der Waals surface area contributed by atoms with Gasteiger partial charge in [-0.2, -0.15) is 12.8 Å². The van der Waals surface area contributed by atoms with Crippen LogP contribution in [0.3, 0.4) is 0 Å². The van der Waals surface area contributed by atoms with Crippen molar-refractivity contribution in [2.75, 3.05) is 11.8 Å². The smallest absolute Gasteiger partial charge is 0.328 e. The molecule has 0 aliphatic rings. The van der Waals surface area contributed by atoms with Crippen molar-refractivity contribution >= 4 is 92.7 Å². The number of carbonyl (C=O) groups is 2. The number of methoxy groups -OCH3 is 1. The summed E-state index contributed by atoms with van der Waals surface area (Å²) >= 11 is 13.8. The van der Waals surface area contributed by atoms with Crippen LogP contribution in [0.15, 0.2) is 68.8 Å². The van der Waals surface area contributed by atoms with Crippen LogP contribution in [-0.4, -0.2) is 42.8 Å². The van der Waals surface area contributed by atoms with E-state index in [0.717, 1.165) is 11.5 Å². The molecule has 0 bridgehead atoms. The van der Waals surface area contributed by atoms with E-state index >= 15 is 0 Å². The maximum atomic E-state index is 13.3. The van der Waals surface area contributed by atoms with E-state index in [2.05, 4.69) is 51.3 Å². The van der Waals surface area contributed by atoms with Crippen molar-refractivity contribution < 1.29 is 22.7 Å². The number of pyridine rings is 1. The largest absolute Gasteiger partial charge is 0.467 e. The van der Waals surface area contributed by atoms with Crippen LogP contribution >= 0.6 is 55.0 Å². The number of amides is 1. The van der Waals surface area contributed by atoms with Gasteiger partial charge in [-0.25, -0.2) is 9.78 Å². The van der Waals surface area contributed by atoms with Gasteiger partial charge in [-0.3, -0.25) is 9.52 Å². The van der Waals surface area contributed by atoms with Crippen LogP contribution in [0.25, 0.3) is 10.1 Å². The number of anilines is 1. The second-order valence-corrected chi connectivity index (χ2v) is 12.3. The molecule has 0 spiro atoms. The summed E-state index contributed by atoms with van der Waals surface area (Å²) in [6, 6.07) is 10.2. The number of hydrogen-bond acceptors (Lipinski definition) is 8. The molecule has 0 saturated heterocycles. The molecule has 4 rings (SSSR count). The highest BCUT2D eigenvalue weighted by molar-refractivity contribution is 9.10. The number of nitrogens with one attached hydrogen (secondary N) is 2. The Morgan fingerprint density at radius 3 is 2.68 bits per heavy atom. The molecule has 0 aliphatic heterocycles. The molecule has 14 heteroatoms. The molecule has 2 aromatic heterocycles. The molecule has 2 heterocycles. The Morgan fingerprint density at radius 2 is 1.95 bits per heavy atom. The van der Waals surface area contributed by atoms with Gasteiger partial charge in [-0.1, -0.05) is 33.6 Å². The maximum Gasteiger partial charge on any atom is 0.328 e. The van der Waals surface area contributed by atoms with Crippen molar-refractivity contribution in [1.82, 2.24) is 14.7 Å². The molecule has 2 N–H and O–H groups in total. The van der Waals surface area contributed by atoms with Crippen LogP contribution in [0.5, 0.6) is 0 Å². The van der Waals surface area contributed by atoms with Gasteiger partial charge in [0.15, 0.2) is 5.03 Å². The quantitative estimate of drug-likeness (QED) is 0.244. The Morgan fingerprint density at radius 1 is 1.16 bits per heavy atom. The lowest BCUT2D eigenvalue weighted by Crippen LogP contribution is -2.43. The van der Waals surface area contributed by atoms with Gasteiger partial charge in [0.2, 0.25) is 0 Å². The Hall–Kier alpha value is -2.58. The highest BCUT2D eigenvalue weighted by atomic mass is 79.9. The molecule has 0 fully saturated rings. The molecule has 37 heavy (non-hydrogen) atoms. The number of hydrogen-bond donors (Lipinski definition) is 2. The first kappa shape index (κ1) is 27.5. The standard InChI is InChI=1S/C23H17Br2ClN4O5S2/c1-35-23(32)19(9-12-2-5-17(26)16(25)8-12)29-21(31)14-4-3-13(24)10-18(14)30-37(33,34)22-15-11-28-36-20(15)6-7-27-22/h2-8,10-11,19,30H,9H2,1H3,(H,29,31)/t19-/m0/s1. The van der Waals surface area contributed by atoms with Crippen LogP contribution in [0.1, 0.15) is 15.9 Å². The fraction of sp³-hybridized carbons (Fsp3) is 0.130. The normalized spacial score (nSPS) is 12.2. The summed E-state index contributed by atoms with van der Waals surface area (Å²) < 4.78 is 39.6. The Balaban J connectivity index is 1.63. The zero-order valence-corrected chi connectivity index (χ0v) is 24.4. The van der Waals surface area contributed by atoms with E-state index in [1.807, 2.05) is 0 Å². The van der Waals surface area contributed by atoms with Gasteiger partial charge in [0, 0.05) is 21.6 Å². The van der Waals surface area contributed by atoms with E-state index in [-0.39, 0.29) is 22.7 Å². The summed E-state index contributed by atoms with van der Waals surface area (Å²) in [6.07, 6.45) is 2.91. The number of carbonyl (C=O) groups excluding carboxylic acids is 2. The summed E-state index contributed by atoms with van der Waals surface area (Å²) in [4.78, 5) is 29.8. The first-order chi connectivity index (χ1) is 17.6. The lowest BCUT2D eigenvalue weighted by Gasteiger charge is -2.19. The van der Waals surface area contributed by atoms with E-state index in [9.17, 15) is 18.0 Å². The van der Waals surface area contributed by atoms with Crippen LogP contribution in [-0.2, 0) is 26.0 Å². The van der Waals surface area contributed by atoms with E-state index < -0.39 is 27.9 Å². The van der Waals surface area contributed by atoms with Crippen LogP contribution in [0.2, 0.25) is 5.02 Å². The molecule has 4 aromatic rings. The van der Waals surface area contributed by atoms with Gasteiger partial charge in [0.25, 0.3) is 15.9 Å². The molecule has 0 aliphatic carbocycles. The molecular weight excluding hydrogens is 672 g/mol. The van der Waals surface area contributed by atoms with Gasteiger partial charge in [0.1, 0.15) is 6.04 Å². The fourth-order valence-corrected chi connectivity index (χ4v) is 6.27. The average molecular weight is 689 g/mol. The maximum absolute atomic E-state index is 13.3. The monoisotopic (exact) mass is 686 g/mol. The predicted octanol–water partition coefficient (Wildman–Crippen LogP) is 5.18. The molecule has 0 radical (unpaired) electrons. The van der Waals surface area contributed by atoms with Crippen LogP contribution in [0, 0.1) is 0 Å². The average Bonchev–Trinajstić information content (AvgIpc) is 3.34. The summed E-state index contributed by atoms with van der Waals surface area (Å²) in [5.41, 5.74) is 0.701. The first-order valence-electron chi connectivity index (χ1n) is 10.4.